The smallest absolute Gasteiger partial charge is 0.400 e. The van der Waals surface area contributed by atoms with Crippen LogP contribution in [-0.2, 0) is 5.41 Å². The van der Waals surface area contributed by atoms with Crippen LogP contribution < -0.4 is 5.32 Å². The summed E-state index contributed by atoms with van der Waals surface area (Å²) in [5.74, 6) is 0.0598. The highest BCUT2D eigenvalue weighted by Crippen LogP contribution is 2.36. The van der Waals surface area contributed by atoms with Gasteiger partial charge in [0.25, 0.3) is 5.89 Å². The predicted molar refractivity (Wildman–Crippen MR) is 131 cm³/mol. The average molecular weight is 506 g/mol. The van der Waals surface area contributed by atoms with Gasteiger partial charge in [0.15, 0.2) is 0 Å². The number of aliphatic hydroxyl groups excluding tert-OH is 2. The topological polar surface area (TPSA) is 117 Å². The second kappa shape index (κ2) is 9.78. The van der Waals surface area contributed by atoms with E-state index in [0.717, 1.165) is 16.5 Å². The van der Waals surface area contributed by atoms with E-state index in [4.69, 9.17) is 9.40 Å². The fraction of sp³-hybridized carbons (Fsp3) is 0.520. The molecule has 8 nitrogen and oxygen atoms in total. The molecule has 0 amide bonds. The molecule has 36 heavy (non-hydrogen) atoms. The molecule has 0 saturated heterocycles. The van der Waals surface area contributed by atoms with Gasteiger partial charge in [-0.05, 0) is 66.8 Å². The molecule has 1 fully saturated rings. The van der Waals surface area contributed by atoms with Crippen molar-refractivity contribution in [1.29, 1.82) is 0 Å². The summed E-state index contributed by atoms with van der Waals surface area (Å²) in [5.41, 5.74) is 2.62. The first kappa shape index (κ1) is 26.0. The van der Waals surface area contributed by atoms with Crippen molar-refractivity contribution in [3.05, 3.63) is 29.3 Å². The number of aliphatic hydroxyl groups is 2. The number of aliphatic imine (C=N–C) groups is 1. The fourth-order valence-corrected chi connectivity index (χ4v) is 4.44. The van der Waals surface area contributed by atoms with Crippen LogP contribution in [0.15, 0.2) is 27.6 Å². The third kappa shape index (κ3) is 6.19. The SMILES string of the molecule is Cc1cc(-c2nnc(/N=C\C3C[C@@H](O)C[C@@H](O)C3)o2)nc2c(C(C)(C)C)cc(NCC(F)(F)F)cc12. The Balaban J connectivity index is 1.66. The van der Waals surface area contributed by atoms with Crippen LogP contribution in [-0.4, -0.2) is 56.5 Å². The van der Waals surface area contributed by atoms with Gasteiger partial charge in [0, 0.05) is 17.3 Å². The Morgan fingerprint density at radius 2 is 1.78 bits per heavy atom. The molecule has 1 aromatic carbocycles. The molecule has 0 radical (unpaired) electrons. The highest BCUT2D eigenvalue weighted by atomic mass is 19.4. The van der Waals surface area contributed by atoms with Gasteiger partial charge in [-0.3, -0.25) is 0 Å². The highest BCUT2D eigenvalue weighted by Gasteiger charge is 2.28. The number of pyridine rings is 1. The minimum atomic E-state index is -4.33. The van der Waals surface area contributed by atoms with Crippen molar-refractivity contribution < 1.29 is 27.8 Å². The monoisotopic (exact) mass is 505 g/mol. The lowest BCUT2D eigenvalue weighted by Gasteiger charge is -2.26. The molecule has 0 bridgehead atoms. The number of fused-ring (bicyclic) bond motifs is 1. The number of hydrogen-bond donors (Lipinski definition) is 3. The van der Waals surface area contributed by atoms with Crippen molar-refractivity contribution in [2.24, 2.45) is 10.9 Å². The summed E-state index contributed by atoms with van der Waals surface area (Å²) < 4.78 is 44.0. The number of benzene rings is 1. The lowest BCUT2D eigenvalue weighted by atomic mass is 9.84. The van der Waals surface area contributed by atoms with Crippen LogP contribution in [0.4, 0.5) is 24.9 Å². The summed E-state index contributed by atoms with van der Waals surface area (Å²) >= 11 is 0. The van der Waals surface area contributed by atoms with Crippen LogP contribution in [0.1, 0.15) is 51.2 Å². The van der Waals surface area contributed by atoms with Crippen LogP contribution >= 0.6 is 0 Å². The summed E-state index contributed by atoms with van der Waals surface area (Å²) in [5, 5.41) is 30.9. The van der Waals surface area contributed by atoms with Gasteiger partial charge >= 0.3 is 12.2 Å². The largest absolute Gasteiger partial charge is 0.405 e. The van der Waals surface area contributed by atoms with Crippen molar-refractivity contribution >= 4 is 28.8 Å². The number of nitrogens with zero attached hydrogens (tertiary/aromatic N) is 4. The van der Waals surface area contributed by atoms with E-state index in [2.05, 4.69) is 20.5 Å². The Bertz CT molecular complexity index is 1260. The standard InChI is InChI=1S/C25H30F3N5O3/c1-13-5-20(22-32-33-23(36-22)29-11-14-6-16(34)10-17(35)7-14)31-21-18(13)8-15(30-12-25(26,27)28)9-19(21)24(2,3)4/h5,8-9,11,14,16-17,30,34-35H,6-7,10,12H2,1-4H3/b29-11-/t14?,16-,17+. The minimum absolute atomic E-state index is 0.0295. The number of hydrogen-bond acceptors (Lipinski definition) is 8. The number of halogens is 3. The van der Waals surface area contributed by atoms with Crippen LogP contribution in [0, 0.1) is 12.8 Å². The van der Waals surface area contributed by atoms with Crippen molar-refractivity contribution in [2.45, 2.75) is 70.8 Å². The average Bonchev–Trinajstić information content (AvgIpc) is 3.23. The Morgan fingerprint density at radius 1 is 1.08 bits per heavy atom. The molecule has 194 valence electrons. The molecular weight excluding hydrogens is 475 g/mol. The van der Waals surface area contributed by atoms with Gasteiger partial charge in [0.2, 0.25) is 0 Å². The van der Waals surface area contributed by atoms with E-state index in [1.54, 1.807) is 24.4 Å². The first-order valence-corrected chi connectivity index (χ1v) is 11.8. The second-order valence-electron chi connectivity index (χ2n) is 10.4. The summed E-state index contributed by atoms with van der Waals surface area (Å²) in [6.07, 6.45) is -2.51. The van der Waals surface area contributed by atoms with Crippen LogP contribution in [0.5, 0.6) is 0 Å². The van der Waals surface area contributed by atoms with E-state index < -0.39 is 30.3 Å². The Kier molecular flexibility index (Phi) is 7.07. The molecule has 0 spiro atoms. The minimum Gasteiger partial charge on any atom is -0.400 e. The molecule has 1 aliphatic carbocycles. The van der Waals surface area contributed by atoms with E-state index in [0.29, 0.717) is 36.2 Å². The van der Waals surface area contributed by atoms with Gasteiger partial charge < -0.3 is 19.9 Å². The maximum absolute atomic E-state index is 12.8. The molecule has 1 unspecified atom stereocenters. The Hall–Kier alpha value is -3.05. The predicted octanol–water partition coefficient (Wildman–Crippen LogP) is 5.09. The fourth-order valence-electron chi connectivity index (χ4n) is 4.44. The molecule has 2 heterocycles. The molecule has 3 N–H and O–H groups in total. The lowest BCUT2D eigenvalue weighted by molar-refractivity contribution is -0.115. The zero-order valence-electron chi connectivity index (χ0n) is 20.6. The zero-order chi connectivity index (χ0) is 26.3. The van der Waals surface area contributed by atoms with E-state index in [1.807, 2.05) is 27.7 Å². The van der Waals surface area contributed by atoms with Gasteiger partial charge in [-0.15, -0.1) is 5.10 Å². The highest BCUT2D eigenvalue weighted by molar-refractivity contribution is 5.90. The van der Waals surface area contributed by atoms with Gasteiger partial charge in [0.1, 0.15) is 12.2 Å². The molecule has 11 heteroatoms. The molecule has 3 aromatic rings. The third-order valence-electron chi connectivity index (χ3n) is 6.14. The second-order valence-corrected chi connectivity index (χ2v) is 10.4. The van der Waals surface area contributed by atoms with E-state index in [1.165, 1.54) is 0 Å². The Morgan fingerprint density at radius 3 is 2.42 bits per heavy atom. The zero-order valence-corrected chi connectivity index (χ0v) is 20.6. The maximum atomic E-state index is 12.8. The molecule has 2 aromatic heterocycles. The molecular formula is C25H30F3N5O3. The van der Waals surface area contributed by atoms with E-state index in [9.17, 15) is 23.4 Å². The van der Waals surface area contributed by atoms with Crippen LogP contribution in [0.2, 0.25) is 0 Å². The number of nitrogens with one attached hydrogen (secondary N) is 1. The summed E-state index contributed by atoms with van der Waals surface area (Å²) in [7, 11) is 0. The molecule has 1 aliphatic rings. The maximum Gasteiger partial charge on any atom is 0.405 e. The first-order valence-electron chi connectivity index (χ1n) is 11.8. The number of rotatable bonds is 5. The van der Waals surface area contributed by atoms with Crippen LogP contribution in [0.25, 0.3) is 22.5 Å². The first-order chi connectivity index (χ1) is 16.8. The van der Waals surface area contributed by atoms with Gasteiger partial charge in [-0.1, -0.05) is 25.9 Å². The number of anilines is 1. The van der Waals surface area contributed by atoms with Crippen LogP contribution in [0.3, 0.4) is 0 Å². The van der Waals surface area contributed by atoms with Crippen molar-refractivity contribution in [3.8, 4) is 11.6 Å². The van der Waals surface area contributed by atoms with Gasteiger partial charge in [-0.2, -0.15) is 13.2 Å². The quantitative estimate of drug-likeness (QED) is 0.414. The summed E-state index contributed by atoms with van der Waals surface area (Å²) in [6, 6.07) is 5.14. The van der Waals surface area contributed by atoms with Gasteiger partial charge in [0.05, 0.1) is 17.7 Å². The van der Waals surface area contributed by atoms with E-state index in [-0.39, 0.29) is 17.8 Å². The number of aromatic nitrogens is 3. The normalized spacial score (nSPS) is 21.4. The molecule has 4 rings (SSSR count). The number of aryl methyl sites for hydroxylation is 1. The molecule has 1 saturated carbocycles. The Labute approximate surface area is 206 Å². The van der Waals surface area contributed by atoms with Crippen molar-refractivity contribution in [2.75, 3.05) is 11.9 Å². The summed E-state index contributed by atoms with van der Waals surface area (Å²) in [4.78, 5) is 8.96. The van der Waals surface area contributed by atoms with Crippen molar-refractivity contribution in [1.82, 2.24) is 15.2 Å². The van der Waals surface area contributed by atoms with Gasteiger partial charge in [-0.25, -0.2) is 9.98 Å². The van der Waals surface area contributed by atoms with E-state index >= 15 is 0 Å². The van der Waals surface area contributed by atoms with Crippen molar-refractivity contribution in [3.63, 3.8) is 0 Å². The third-order valence-corrected chi connectivity index (χ3v) is 6.14. The number of alkyl halides is 3. The molecule has 0 aliphatic heterocycles. The summed E-state index contributed by atoms with van der Waals surface area (Å²) in [6.45, 7) is 6.63. The molecule has 3 atom stereocenters. The lowest BCUT2D eigenvalue weighted by Crippen LogP contribution is -2.30.